The Kier molecular flexibility index (Phi) is 3.59. The molecule has 0 spiro atoms. The van der Waals surface area contributed by atoms with E-state index in [2.05, 4.69) is 0 Å². The minimum Gasteiger partial charge on any atom is -0.323 e. The molecule has 2 aromatic carbocycles. The number of hydrogen-bond acceptors (Lipinski definition) is 5. The fourth-order valence-corrected chi connectivity index (χ4v) is 4.16. The van der Waals surface area contributed by atoms with Crippen LogP contribution in [0.5, 0.6) is 0 Å². The number of thiophene rings is 1. The smallest absolute Gasteiger partial charge is 0.323 e. The van der Waals surface area contributed by atoms with E-state index in [1.807, 2.05) is 25.1 Å². The average molecular weight is 372 g/mol. The third kappa shape index (κ3) is 2.42. The fraction of sp³-hybridized carbons (Fsp3) is 0.0556. The maximum Gasteiger partial charge on any atom is 0.375 e. The van der Waals surface area contributed by atoms with Gasteiger partial charge in [0, 0.05) is 10.1 Å². The molecule has 7 heteroatoms. The van der Waals surface area contributed by atoms with E-state index in [9.17, 15) is 14.4 Å². The quantitative estimate of drug-likeness (QED) is 0.632. The molecule has 0 saturated carbocycles. The zero-order chi connectivity index (χ0) is 17.7. The molecule has 3 aromatic rings. The number of hydrogen-bond donors (Lipinski definition) is 0. The van der Waals surface area contributed by atoms with Crippen molar-refractivity contribution in [3.05, 3.63) is 69.1 Å². The highest BCUT2D eigenvalue weighted by Gasteiger charge is 2.39. The van der Waals surface area contributed by atoms with E-state index < -0.39 is 17.8 Å². The predicted molar refractivity (Wildman–Crippen MR) is 93.9 cm³/mol. The average Bonchev–Trinajstić information content (AvgIpc) is 3.05. The summed E-state index contributed by atoms with van der Waals surface area (Å²) in [5.74, 6) is -2.16. The molecular weight excluding hydrogens is 362 g/mol. The number of carbonyl (C=O) groups excluding carboxylic acids is 3. The van der Waals surface area contributed by atoms with Crippen LogP contribution in [0.15, 0.2) is 42.5 Å². The van der Waals surface area contributed by atoms with E-state index in [-0.39, 0.29) is 21.0 Å². The van der Waals surface area contributed by atoms with E-state index in [4.69, 9.17) is 16.4 Å². The molecule has 0 saturated heterocycles. The topological polar surface area (TPSA) is 63.7 Å². The Balaban J connectivity index is 1.67. The molecule has 5 nitrogen and oxygen atoms in total. The third-order valence-electron chi connectivity index (χ3n) is 3.90. The van der Waals surface area contributed by atoms with Crippen molar-refractivity contribution in [2.24, 2.45) is 0 Å². The summed E-state index contributed by atoms with van der Waals surface area (Å²) in [4.78, 5) is 42.2. The fourth-order valence-electron chi connectivity index (χ4n) is 2.68. The number of halogens is 1. The Hall–Kier alpha value is -2.70. The van der Waals surface area contributed by atoms with Gasteiger partial charge in [0.05, 0.1) is 16.1 Å². The summed E-state index contributed by atoms with van der Waals surface area (Å²) in [7, 11) is 0. The van der Waals surface area contributed by atoms with Crippen molar-refractivity contribution >= 4 is 50.8 Å². The Bertz CT molecular complexity index is 1040. The molecule has 1 aliphatic heterocycles. The normalized spacial score (nSPS) is 13.4. The molecule has 25 heavy (non-hydrogen) atoms. The molecule has 0 fully saturated rings. The molecule has 2 heterocycles. The standard InChI is InChI=1S/C18H10ClNO4S/c1-9-6-7-12-13(8-9)25-15(14(12)19)18(23)24-20-16(21)10-4-2-3-5-11(10)17(20)22/h2-8H,1H3. The second-order valence-corrected chi connectivity index (χ2v) is 7.00. The highest BCUT2D eigenvalue weighted by molar-refractivity contribution is 7.21. The number of rotatable bonds is 2. The lowest BCUT2D eigenvalue weighted by atomic mass is 10.1. The number of imide groups is 1. The second-order valence-electron chi connectivity index (χ2n) is 5.57. The lowest BCUT2D eigenvalue weighted by Gasteiger charge is -2.11. The molecule has 0 bridgehead atoms. The summed E-state index contributed by atoms with van der Waals surface area (Å²) in [6, 6.07) is 11.9. The lowest BCUT2D eigenvalue weighted by Crippen LogP contribution is -2.32. The molecule has 124 valence electrons. The molecule has 4 rings (SSSR count). The van der Waals surface area contributed by atoms with Gasteiger partial charge in [-0.1, -0.05) is 40.9 Å². The summed E-state index contributed by atoms with van der Waals surface area (Å²) in [5, 5.41) is 1.46. The van der Waals surface area contributed by atoms with Crippen LogP contribution in [-0.2, 0) is 4.84 Å². The molecule has 0 atom stereocenters. The second kappa shape index (κ2) is 5.68. The van der Waals surface area contributed by atoms with E-state index in [0.717, 1.165) is 27.0 Å². The number of fused-ring (bicyclic) bond motifs is 2. The number of benzene rings is 2. The molecule has 0 aliphatic carbocycles. The molecule has 0 unspecified atom stereocenters. The van der Waals surface area contributed by atoms with Gasteiger partial charge in [0.15, 0.2) is 0 Å². The number of aryl methyl sites for hydroxylation is 1. The van der Waals surface area contributed by atoms with Gasteiger partial charge in [0.25, 0.3) is 11.8 Å². The highest BCUT2D eigenvalue weighted by atomic mass is 35.5. The van der Waals surface area contributed by atoms with Crippen molar-refractivity contribution in [2.45, 2.75) is 6.92 Å². The zero-order valence-electron chi connectivity index (χ0n) is 12.9. The van der Waals surface area contributed by atoms with E-state index in [1.165, 1.54) is 12.1 Å². The van der Waals surface area contributed by atoms with Gasteiger partial charge in [0.2, 0.25) is 0 Å². The van der Waals surface area contributed by atoms with Gasteiger partial charge in [-0.15, -0.1) is 11.3 Å². The Morgan fingerprint density at radius 1 is 1.08 bits per heavy atom. The summed E-state index contributed by atoms with van der Waals surface area (Å²) in [5.41, 5.74) is 1.45. The Morgan fingerprint density at radius 2 is 1.72 bits per heavy atom. The first-order valence-electron chi connectivity index (χ1n) is 7.36. The lowest BCUT2D eigenvalue weighted by molar-refractivity contribution is -0.0581. The van der Waals surface area contributed by atoms with E-state index >= 15 is 0 Å². The van der Waals surface area contributed by atoms with Crippen LogP contribution in [0, 0.1) is 6.92 Å². The molecule has 0 N–H and O–H groups in total. The van der Waals surface area contributed by atoms with Gasteiger partial charge in [-0.25, -0.2) is 4.79 Å². The first-order valence-corrected chi connectivity index (χ1v) is 8.55. The first-order chi connectivity index (χ1) is 12.0. The van der Waals surface area contributed by atoms with Gasteiger partial charge in [-0.2, -0.15) is 0 Å². The van der Waals surface area contributed by atoms with E-state index in [1.54, 1.807) is 12.1 Å². The minimum absolute atomic E-state index is 0.152. The summed E-state index contributed by atoms with van der Waals surface area (Å²) < 4.78 is 0.833. The number of nitrogens with zero attached hydrogens (tertiary/aromatic N) is 1. The van der Waals surface area contributed by atoms with Crippen molar-refractivity contribution in [2.75, 3.05) is 0 Å². The van der Waals surface area contributed by atoms with Gasteiger partial charge in [0.1, 0.15) is 4.88 Å². The van der Waals surface area contributed by atoms with Crippen LogP contribution in [-0.4, -0.2) is 22.8 Å². The monoisotopic (exact) mass is 371 g/mol. The Labute approximate surface area is 151 Å². The van der Waals surface area contributed by atoms with Crippen molar-refractivity contribution in [1.29, 1.82) is 0 Å². The largest absolute Gasteiger partial charge is 0.375 e. The third-order valence-corrected chi connectivity index (χ3v) is 5.54. The summed E-state index contributed by atoms with van der Waals surface area (Å²) in [6.45, 7) is 1.93. The van der Waals surface area contributed by atoms with Crippen LogP contribution in [0.4, 0.5) is 0 Å². The molecular formula is C18H10ClNO4S. The van der Waals surface area contributed by atoms with Crippen LogP contribution in [0.25, 0.3) is 10.1 Å². The highest BCUT2D eigenvalue weighted by Crippen LogP contribution is 2.36. The van der Waals surface area contributed by atoms with E-state index in [0.29, 0.717) is 5.06 Å². The maximum absolute atomic E-state index is 12.5. The SMILES string of the molecule is Cc1ccc2c(Cl)c(C(=O)ON3C(=O)c4ccccc4C3=O)sc2c1. The van der Waals surface area contributed by atoms with Gasteiger partial charge in [-0.05, 0) is 30.7 Å². The first kappa shape index (κ1) is 15.8. The zero-order valence-corrected chi connectivity index (χ0v) is 14.5. The number of hydroxylamine groups is 2. The molecule has 1 aromatic heterocycles. The summed E-state index contributed by atoms with van der Waals surface area (Å²) >= 11 is 7.43. The van der Waals surface area contributed by atoms with Crippen molar-refractivity contribution in [3.8, 4) is 0 Å². The maximum atomic E-state index is 12.5. The molecule has 0 radical (unpaired) electrons. The van der Waals surface area contributed by atoms with Crippen molar-refractivity contribution < 1.29 is 19.2 Å². The molecule has 2 amide bonds. The van der Waals surface area contributed by atoms with Crippen molar-refractivity contribution in [1.82, 2.24) is 5.06 Å². The Morgan fingerprint density at radius 3 is 2.36 bits per heavy atom. The predicted octanol–water partition coefficient (Wildman–Crippen LogP) is 4.23. The van der Waals surface area contributed by atoms with Crippen LogP contribution < -0.4 is 0 Å². The van der Waals surface area contributed by atoms with Gasteiger partial charge >= 0.3 is 5.97 Å². The van der Waals surface area contributed by atoms with Crippen molar-refractivity contribution in [3.63, 3.8) is 0 Å². The van der Waals surface area contributed by atoms with Crippen LogP contribution in [0.2, 0.25) is 5.02 Å². The van der Waals surface area contributed by atoms with Crippen LogP contribution >= 0.6 is 22.9 Å². The van der Waals surface area contributed by atoms with Crippen LogP contribution in [0.1, 0.15) is 36.0 Å². The van der Waals surface area contributed by atoms with Gasteiger partial charge < -0.3 is 4.84 Å². The number of carbonyl (C=O) groups is 3. The van der Waals surface area contributed by atoms with Gasteiger partial charge in [-0.3, -0.25) is 9.59 Å². The summed E-state index contributed by atoms with van der Waals surface area (Å²) in [6.07, 6.45) is 0. The minimum atomic E-state index is -0.835. The molecule has 1 aliphatic rings. The number of amides is 2. The van der Waals surface area contributed by atoms with Crippen LogP contribution in [0.3, 0.4) is 0 Å².